The minimum absolute atomic E-state index is 0.452. The molecule has 0 aliphatic carbocycles. The van der Waals surface area contributed by atoms with Gasteiger partial charge in [-0.05, 0) is 25.1 Å². The number of hydrogen-bond acceptors (Lipinski definition) is 2. The van der Waals surface area contributed by atoms with Crippen molar-refractivity contribution in [3.8, 4) is 0 Å². The highest BCUT2D eigenvalue weighted by Gasteiger charge is 2.11. The Balaban J connectivity index is 3.05. The predicted molar refractivity (Wildman–Crippen MR) is 62.9 cm³/mol. The molecule has 2 heteroatoms. The van der Waals surface area contributed by atoms with Crippen LogP contribution in [0.3, 0.4) is 0 Å². The number of nitrogens with zero attached hydrogens (tertiary/aromatic N) is 1. The number of anilines is 1. The van der Waals surface area contributed by atoms with Gasteiger partial charge >= 0.3 is 0 Å². The molecule has 1 unspecified atom stereocenters. The van der Waals surface area contributed by atoms with Crippen molar-refractivity contribution in [2.45, 2.75) is 19.4 Å². The van der Waals surface area contributed by atoms with E-state index in [0.717, 1.165) is 6.42 Å². The molecule has 1 aromatic rings. The fourth-order valence-electron chi connectivity index (χ4n) is 1.77. The monoisotopic (exact) mass is 192 g/mol. The first-order chi connectivity index (χ1) is 6.70. The quantitative estimate of drug-likeness (QED) is 0.788. The highest BCUT2D eigenvalue weighted by atomic mass is 15.1. The van der Waals surface area contributed by atoms with E-state index in [-0.39, 0.29) is 0 Å². The van der Waals surface area contributed by atoms with E-state index in [1.807, 2.05) is 7.05 Å². The molecule has 0 heterocycles. The number of nitrogens with one attached hydrogen (secondary N) is 1. The van der Waals surface area contributed by atoms with Gasteiger partial charge in [0.25, 0.3) is 0 Å². The minimum Gasteiger partial charge on any atom is -0.377 e. The Morgan fingerprint density at radius 1 is 1.29 bits per heavy atom. The van der Waals surface area contributed by atoms with Crippen LogP contribution in [0.4, 0.5) is 5.69 Å². The van der Waals surface area contributed by atoms with Crippen LogP contribution in [0, 0.1) is 0 Å². The summed E-state index contributed by atoms with van der Waals surface area (Å²) in [6.07, 6.45) is 1.11. The molecule has 1 N–H and O–H groups in total. The summed E-state index contributed by atoms with van der Waals surface area (Å²) in [5.41, 5.74) is 2.68. The maximum absolute atomic E-state index is 3.34. The Morgan fingerprint density at radius 2 is 1.93 bits per heavy atom. The lowest BCUT2D eigenvalue weighted by Gasteiger charge is -2.22. The summed E-state index contributed by atoms with van der Waals surface area (Å²) in [5.74, 6) is 0. The van der Waals surface area contributed by atoms with E-state index in [2.05, 4.69) is 55.5 Å². The molecule has 0 aliphatic heterocycles. The largest absolute Gasteiger partial charge is 0.377 e. The first-order valence-electron chi connectivity index (χ1n) is 5.14. The molecule has 0 saturated heterocycles. The molecular weight excluding hydrogens is 172 g/mol. The molecule has 14 heavy (non-hydrogen) atoms. The van der Waals surface area contributed by atoms with Crippen LogP contribution >= 0.6 is 0 Å². The predicted octanol–water partition coefficient (Wildman–Crippen LogP) is 2.42. The molecule has 0 aromatic heterocycles. The fraction of sp³-hybridized carbons (Fsp3) is 0.500. The third-order valence-corrected chi connectivity index (χ3v) is 2.55. The molecule has 0 amide bonds. The third kappa shape index (κ3) is 2.26. The molecule has 0 aliphatic rings. The molecule has 1 rings (SSSR count). The Bertz CT molecular complexity index is 277. The van der Waals surface area contributed by atoms with Gasteiger partial charge in [0.05, 0.1) is 0 Å². The smallest absolute Gasteiger partial charge is 0.0409 e. The van der Waals surface area contributed by atoms with Crippen molar-refractivity contribution in [3.05, 3.63) is 29.8 Å². The van der Waals surface area contributed by atoms with Gasteiger partial charge in [-0.2, -0.15) is 0 Å². The van der Waals surface area contributed by atoms with Gasteiger partial charge < -0.3 is 10.2 Å². The van der Waals surface area contributed by atoms with Crippen molar-refractivity contribution in [2.24, 2.45) is 0 Å². The molecule has 78 valence electrons. The molecule has 1 atom stereocenters. The van der Waals surface area contributed by atoms with Crippen LogP contribution in [0.1, 0.15) is 24.9 Å². The average Bonchev–Trinajstić information content (AvgIpc) is 2.20. The van der Waals surface area contributed by atoms with Gasteiger partial charge in [0.2, 0.25) is 0 Å². The van der Waals surface area contributed by atoms with Crippen LogP contribution in [0.2, 0.25) is 0 Å². The first-order valence-corrected chi connectivity index (χ1v) is 5.14. The Morgan fingerprint density at radius 3 is 2.43 bits per heavy atom. The van der Waals surface area contributed by atoms with Crippen molar-refractivity contribution >= 4 is 5.69 Å². The highest BCUT2D eigenvalue weighted by molar-refractivity contribution is 5.53. The SMILES string of the molecule is CCC(NC)c1ccccc1N(C)C. The molecule has 0 spiro atoms. The molecule has 0 saturated carbocycles. The van der Waals surface area contributed by atoms with Crippen LogP contribution < -0.4 is 10.2 Å². The summed E-state index contributed by atoms with van der Waals surface area (Å²) >= 11 is 0. The van der Waals surface area contributed by atoms with Crippen molar-refractivity contribution in [2.75, 3.05) is 26.0 Å². The summed E-state index contributed by atoms with van der Waals surface area (Å²) in [5, 5.41) is 3.34. The topological polar surface area (TPSA) is 15.3 Å². The highest BCUT2D eigenvalue weighted by Crippen LogP contribution is 2.26. The Hall–Kier alpha value is -1.02. The summed E-state index contributed by atoms with van der Waals surface area (Å²) in [6, 6.07) is 8.99. The second kappa shape index (κ2) is 5.01. The second-order valence-corrected chi connectivity index (χ2v) is 3.70. The van der Waals surface area contributed by atoms with Gasteiger partial charge in [-0.1, -0.05) is 25.1 Å². The zero-order valence-electron chi connectivity index (χ0n) is 9.54. The van der Waals surface area contributed by atoms with E-state index in [0.29, 0.717) is 6.04 Å². The van der Waals surface area contributed by atoms with Gasteiger partial charge in [0.1, 0.15) is 0 Å². The van der Waals surface area contributed by atoms with E-state index < -0.39 is 0 Å². The van der Waals surface area contributed by atoms with Crippen LogP contribution in [-0.2, 0) is 0 Å². The van der Waals surface area contributed by atoms with Crippen LogP contribution in [0.15, 0.2) is 24.3 Å². The average molecular weight is 192 g/mol. The maximum atomic E-state index is 3.34. The van der Waals surface area contributed by atoms with Gasteiger partial charge in [0.15, 0.2) is 0 Å². The number of para-hydroxylation sites is 1. The number of hydrogen-bond donors (Lipinski definition) is 1. The lowest BCUT2D eigenvalue weighted by atomic mass is 10.0. The molecule has 1 aromatic carbocycles. The molecule has 2 nitrogen and oxygen atoms in total. The van der Waals surface area contributed by atoms with Crippen LogP contribution in [0.5, 0.6) is 0 Å². The first kappa shape index (κ1) is 11.1. The standard InChI is InChI=1S/C12H20N2/c1-5-11(13-2)10-8-6-7-9-12(10)14(3)4/h6-9,11,13H,5H2,1-4H3. The zero-order valence-corrected chi connectivity index (χ0v) is 9.54. The van der Waals surface area contributed by atoms with Gasteiger partial charge in [-0.3, -0.25) is 0 Å². The molecule has 0 fully saturated rings. The van der Waals surface area contributed by atoms with Gasteiger partial charge in [0, 0.05) is 25.8 Å². The maximum Gasteiger partial charge on any atom is 0.0409 e. The van der Waals surface area contributed by atoms with Gasteiger partial charge in [-0.25, -0.2) is 0 Å². The van der Waals surface area contributed by atoms with E-state index >= 15 is 0 Å². The van der Waals surface area contributed by atoms with Crippen molar-refractivity contribution in [1.82, 2.24) is 5.32 Å². The fourth-order valence-corrected chi connectivity index (χ4v) is 1.77. The van der Waals surface area contributed by atoms with Gasteiger partial charge in [-0.15, -0.1) is 0 Å². The number of rotatable bonds is 4. The summed E-state index contributed by atoms with van der Waals surface area (Å²) in [7, 11) is 6.18. The van der Waals surface area contributed by atoms with Crippen LogP contribution in [-0.4, -0.2) is 21.1 Å². The van der Waals surface area contributed by atoms with E-state index in [9.17, 15) is 0 Å². The van der Waals surface area contributed by atoms with E-state index in [1.54, 1.807) is 0 Å². The summed E-state index contributed by atoms with van der Waals surface area (Å²) in [4.78, 5) is 2.16. The lowest BCUT2D eigenvalue weighted by molar-refractivity contribution is 0.577. The summed E-state index contributed by atoms with van der Waals surface area (Å²) in [6.45, 7) is 2.20. The Labute approximate surface area is 86.9 Å². The minimum atomic E-state index is 0.452. The number of benzene rings is 1. The second-order valence-electron chi connectivity index (χ2n) is 3.70. The molecule has 0 radical (unpaired) electrons. The van der Waals surface area contributed by atoms with Crippen LogP contribution in [0.25, 0.3) is 0 Å². The van der Waals surface area contributed by atoms with Crippen molar-refractivity contribution in [1.29, 1.82) is 0 Å². The molecule has 0 bridgehead atoms. The zero-order chi connectivity index (χ0) is 10.6. The van der Waals surface area contributed by atoms with E-state index in [4.69, 9.17) is 0 Å². The summed E-state index contributed by atoms with van der Waals surface area (Å²) < 4.78 is 0. The van der Waals surface area contributed by atoms with Crippen molar-refractivity contribution < 1.29 is 0 Å². The van der Waals surface area contributed by atoms with Crippen molar-refractivity contribution in [3.63, 3.8) is 0 Å². The van der Waals surface area contributed by atoms with E-state index in [1.165, 1.54) is 11.3 Å². The third-order valence-electron chi connectivity index (χ3n) is 2.55. The molecular formula is C12H20N2. The lowest BCUT2D eigenvalue weighted by Crippen LogP contribution is -2.19. The Kier molecular flexibility index (Phi) is 3.96. The normalized spacial score (nSPS) is 12.6.